The minimum absolute atomic E-state index is 0. The molecule has 21 heteroatoms. The van der Waals surface area contributed by atoms with E-state index in [1.54, 1.807) is 32.0 Å². The van der Waals surface area contributed by atoms with Crippen LogP contribution in [0.2, 0.25) is 0 Å². The number of aromatic amines is 1. The zero-order valence-electron chi connectivity index (χ0n) is 39.7. The number of rotatable bonds is 7. The molecule has 0 unspecified atom stereocenters. The average molecular weight is 997 g/mol. The molecule has 9 heterocycles. The molecule has 1 radical (unpaired) electrons. The van der Waals surface area contributed by atoms with E-state index in [1.807, 2.05) is 97.0 Å². The summed E-state index contributed by atoms with van der Waals surface area (Å²) in [7, 11) is 0. The number of nitrogens with zero attached hydrogens (tertiary/aromatic N) is 15. The zero-order chi connectivity index (χ0) is 48.2. The van der Waals surface area contributed by atoms with Gasteiger partial charge >= 0.3 is 39.8 Å². The molecule has 2 aliphatic heterocycles. The molecule has 20 nitrogen and oxygen atoms in total. The van der Waals surface area contributed by atoms with E-state index in [0.29, 0.717) is 147 Å². The van der Waals surface area contributed by atoms with Crippen LogP contribution in [-0.4, -0.2) is 66.9 Å². The summed E-state index contributed by atoms with van der Waals surface area (Å²) >= 11 is 0. The van der Waals surface area contributed by atoms with Gasteiger partial charge in [0, 0.05) is 90.7 Å². The van der Waals surface area contributed by atoms with Gasteiger partial charge in [0.2, 0.25) is 0 Å². The predicted molar refractivity (Wildman–Crippen MR) is 269 cm³/mol. The van der Waals surface area contributed by atoms with E-state index in [0.717, 1.165) is 33.1 Å². The van der Waals surface area contributed by atoms with Crippen molar-refractivity contribution in [3.8, 4) is 45.6 Å². The molecule has 1 N–H and O–H groups in total. The molecule has 0 saturated carbocycles. The van der Waals surface area contributed by atoms with E-state index in [-0.39, 0.29) is 39.8 Å². The van der Waals surface area contributed by atoms with E-state index < -0.39 is 0 Å². The Labute approximate surface area is 410 Å². The number of nitrogens with one attached hydrogen (secondary N) is 1. The van der Waals surface area contributed by atoms with Crippen LogP contribution in [0.1, 0.15) is 48.5 Å². The first kappa shape index (κ1) is 44.1. The summed E-state index contributed by atoms with van der Waals surface area (Å²) in [5, 5.41) is 2.54. The molecule has 0 aliphatic carbocycles. The minimum Gasteiger partial charge on any atom is -0.357 e. The first-order valence-electron chi connectivity index (χ1n) is 23.8. The van der Waals surface area contributed by atoms with Gasteiger partial charge in [-0.2, -0.15) is 0 Å². The SMILES string of the molecule is CCn1c(=O)[nH]c2cc3c(cc21)-c1nc-3nc2[n-]c(nc3nc(nc4[n-]c(n1)c1cc5c(cc41)n(CC)c(=O)n5CC)-c1cc4c(cc1-3)n(CC)c(=O)n4CC)c1cc3c(cc21)n(CC)c(=O)n3CC.[Cu+2]. The molecular weight excluding hydrogens is 952 g/mol. The molecule has 7 aromatic heterocycles. The Morgan fingerprint density at radius 1 is 0.366 bits per heavy atom. The van der Waals surface area contributed by atoms with Crippen LogP contribution in [0.15, 0.2) is 67.7 Å². The molecule has 4 aromatic carbocycles. The monoisotopic (exact) mass is 995 g/mol. The first-order valence-corrected chi connectivity index (χ1v) is 23.8. The largest absolute Gasteiger partial charge is 2.00 e. The van der Waals surface area contributed by atoms with Crippen LogP contribution in [-0.2, 0) is 62.9 Å². The topological polar surface area (TPSA) is 224 Å². The number of aromatic nitrogens is 16. The normalized spacial score (nSPS) is 12.4. The summed E-state index contributed by atoms with van der Waals surface area (Å²) < 4.78 is 12.1. The van der Waals surface area contributed by atoms with Crippen LogP contribution in [0.4, 0.5) is 0 Å². The number of H-pyrrole nitrogens is 1. The van der Waals surface area contributed by atoms with E-state index in [9.17, 15) is 19.2 Å². The van der Waals surface area contributed by atoms with E-state index in [1.165, 1.54) is 0 Å². The Kier molecular flexibility index (Phi) is 9.73. The molecule has 0 fully saturated rings. The number of aryl methyl sites for hydroxylation is 7. The summed E-state index contributed by atoms with van der Waals surface area (Å²) in [6.45, 7) is 16.7. The molecule has 8 bridgehead atoms. The summed E-state index contributed by atoms with van der Waals surface area (Å²) in [6, 6.07) is 15.4. The van der Waals surface area contributed by atoms with Crippen LogP contribution in [0.5, 0.6) is 0 Å². The van der Waals surface area contributed by atoms with Crippen molar-refractivity contribution in [2.45, 2.75) is 94.3 Å². The van der Waals surface area contributed by atoms with Gasteiger partial charge in [0.25, 0.3) is 0 Å². The van der Waals surface area contributed by atoms with Crippen molar-refractivity contribution in [1.29, 1.82) is 0 Å². The zero-order valence-corrected chi connectivity index (χ0v) is 40.7. The predicted octanol–water partition coefficient (Wildman–Crippen LogP) is 6.26. The Morgan fingerprint density at radius 3 is 0.930 bits per heavy atom. The number of hydrogen-bond acceptors (Lipinski definition) is 10. The molecule has 11 aromatic rings. The number of benzene rings is 4. The second kappa shape index (κ2) is 15.7. The van der Waals surface area contributed by atoms with E-state index >= 15 is 0 Å². The van der Waals surface area contributed by atoms with Crippen molar-refractivity contribution in [3.05, 3.63) is 90.5 Å². The van der Waals surface area contributed by atoms with E-state index in [4.69, 9.17) is 39.9 Å². The summed E-state index contributed by atoms with van der Waals surface area (Å²) in [5.74, 6) is 1.20. The number of fused-ring (bicyclic) bond motifs is 24. The van der Waals surface area contributed by atoms with Crippen molar-refractivity contribution in [2.75, 3.05) is 0 Å². The van der Waals surface area contributed by atoms with Gasteiger partial charge in [-0.1, -0.05) is 0 Å². The second-order valence-corrected chi connectivity index (χ2v) is 17.5. The Morgan fingerprint density at radius 2 is 0.634 bits per heavy atom. The fourth-order valence-corrected chi connectivity index (χ4v) is 10.9. The van der Waals surface area contributed by atoms with Crippen molar-refractivity contribution < 1.29 is 17.1 Å². The Hall–Kier alpha value is -8.16. The molecule has 0 atom stereocenters. The summed E-state index contributed by atoms with van der Waals surface area (Å²) in [5.41, 5.74) is 8.70. The molecule has 0 saturated heterocycles. The van der Waals surface area contributed by atoms with Crippen molar-refractivity contribution >= 4 is 88.3 Å². The fourth-order valence-electron chi connectivity index (χ4n) is 10.9. The smallest absolute Gasteiger partial charge is 0.357 e. The molecule has 2 aliphatic rings. The van der Waals surface area contributed by atoms with Crippen molar-refractivity contribution in [2.24, 2.45) is 0 Å². The molecule has 0 spiro atoms. The van der Waals surface area contributed by atoms with Gasteiger partial charge in [0.15, 0.2) is 0 Å². The Balaban J connectivity index is 0.00000517. The molecule has 71 heavy (non-hydrogen) atoms. The third kappa shape index (κ3) is 5.89. The number of imidazole rings is 4. The van der Waals surface area contributed by atoms with Gasteiger partial charge in [-0.05, 0) is 119 Å². The maximum Gasteiger partial charge on any atom is 2.00 e. The maximum absolute atomic E-state index is 13.8. The molecular formula is C50H44CuN16O4. The molecule has 13 rings (SSSR count). The van der Waals surface area contributed by atoms with Crippen molar-refractivity contribution in [1.82, 2.24) is 76.8 Å². The third-order valence-corrected chi connectivity index (χ3v) is 14.2. The van der Waals surface area contributed by atoms with E-state index in [2.05, 4.69) is 4.98 Å². The first-order chi connectivity index (χ1) is 34.0. The standard InChI is InChI=1S/C50H45N16O4.Cu/c1-8-60-32-16-24-23(15-31(32)51-47(60)67)39-52-40(24)54-42-27-19-35-36(64(12-5)49(69)63(35)11-4)20-28(27)44(56-42)58-46-30-22-38-37(65(13-6)50(70)66(38)14-7)21-29(30)45(59-46)57-43-26-18-34-33(17-25(26)41(53-39)55-43)61(9-2)48(68)62(34)10-3;/h15-22H,8-14H2,1-7H3,(H2-,51,52,53,54,55,56,57,58,59,67);/q-1;+2/p-1. The molecule has 359 valence electrons. The van der Waals surface area contributed by atoms with Crippen LogP contribution < -0.4 is 32.7 Å². The van der Waals surface area contributed by atoms with Gasteiger partial charge in [0.05, 0.1) is 67.4 Å². The Bertz CT molecular complexity index is 4590. The van der Waals surface area contributed by atoms with Gasteiger partial charge < -0.3 is 34.9 Å². The second-order valence-electron chi connectivity index (χ2n) is 17.5. The maximum atomic E-state index is 13.8. The van der Waals surface area contributed by atoms with Gasteiger partial charge in [-0.3, -0.25) is 32.0 Å². The fraction of sp³-hybridized carbons (Fsp3) is 0.280. The van der Waals surface area contributed by atoms with Gasteiger partial charge in [-0.15, -0.1) is 0 Å². The quantitative estimate of drug-likeness (QED) is 0.175. The van der Waals surface area contributed by atoms with Crippen LogP contribution in [0.3, 0.4) is 0 Å². The summed E-state index contributed by atoms with van der Waals surface area (Å²) in [6.07, 6.45) is 0. The van der Waals surface area contributed by atoms with Crippen molar-refractivity contribution in [3.63, 3.8) is 0 Å². The van der Waals surface area contributed by atoms with Crippen LogP contribution in [0, 0.1) is 0 Å². The average Bonchev–Trinajstić information content (AvgIpc) is 4.23. The van der Waals surface area contributed by atoms with Crippen LogP contribution in [0.25, 0.3) is 134 Å². The summed E-state index contributed by atoms with van der Waals surface area (Å²) in [4.78, 5) is 99.1. The van der Waals surface area contributed by atoms with Gasteiger partial charge in [0.1, 0.15) is 0 Å². The third-order valence-electron chi connectivity index (χ3n) is 14.2. The van der Waals surface area contributed by atoms with Crippen LogP contribution >= 0.6 is 0 Å². The molecule has 0 amide bonds. The minimum atomic E-state index is -0.248. The number of hydrogen-bond donors (Lipinski definition) is 1. The van der Waals surface area contributed by atoms with Gasteiger partial charge in [-0.25, -0.2) is 29.1 Å².